The largest absolute Gasteiger partial charge is 0.432 e. The molecule has 0 saturated heterocycles. The van der Waals surface area contributed by atoms with E-state index in [1.165, 1.54) is 32.1 Å². The van der Waals surface area contributed by atoms with E-state index in [4.69, 9.17) is 0 Å². The zero-order chi connectivity index (χ0) is 35.3. The second-order valence-corrected chi connectivity index (χ2v) is 9.71. The van der Waals surface area contributed by atoms with E-state index in [-0.39, 0.29) is 0 Å². The molecule has 0 nitrogen and oxygen atoms in total. The highest BCUT2D eigenvalue weighted by molar-refractivity contribution is 5.45. The third kappa shape index (κ3) is 4.47. The van der Waals surface area contributed by atoms with E-state index < -0.39 is 64.6 Å². The summed E-state index contributed by atoms with van der Waals surface area (Å²) >= 11 is 0. The minimum Gasteiger partial charge on any atom is -0.228 e. The zero-order valence-electron chi connectivity index (χ0n) is 22.1. The van der Waals surface area contributed by atoms with Crippen molar-refractivity contribution in [3.8, 4) is 0 Å². The van der Waals surface area contributed by atoms with E-state index in [0.29, 0.717) is 0 Å². The minimum absolute atomic E-state index is 1.36. The summed E-state index contributed by atoms with van der Waals surface area (Å²) in [4.78, 5) is 0. The predicted molar refractivity (Wildman–Crippen MR) is 113 cm³/mol. The van der Waals surface area contributed by atoms with Crippen molar-refractivity contribution in [2.75, 3.05) is 0 Å². The molecule has 2 aliphatic rings. The average molecular weight is 690 g/mol. The first-order chi connectivity index (χ1) is 19.4. The quantitative estimate of drug-likeness (QED) is 0.218. The Hall–Kier alpha value is -2.18. The van der Waals surface area contributed by atoms with Crippen molar-refractivity contribution in [3.63, 3.8) is 0 Å². The van der Waals surface area contributed by atoms with Gasteiger partial charge in [-0.3, -0.25) is 0 Å². The van der Waals surface area contributed by atoms with Crippen LogP contribution in [0.5, 0.6) is 0 Å². The van der Waals surface area contributed by atoms with Crippen molar-refractivity contribution in [1.82, 2.24) is 0 Å². The first-order valence-corrected chi connectivity index (χ1v) is 12.2. The lowest BCUT2D eigenvalue weighted by atomic mass is 9.50. The Morgan fingerprint density at radius 3 is 0.864 bits per heavy atom. The van der Waals surface area contributed by atoms with E-state index in [1.54, 1.807) is 0 Å². The van der Waals surface area contributed by atoms with E-state index in [9.17, 15) is 87.8 Å². The highest BCUT2D eigenvalue weighted by atomic mass is 19.4. The summed E-state index contributed by atoms with van der Waals surface area (Å²) in [5.74, 6) is -60.7. The molecular formula is C24H22F20. The fourth-order valence-corrected chi connectivity index (χ4v) is 4.41. The maximum Gasteiger partial charge on any atom is 0.432 e. The fraction of sp³-hybridized carbons (Fsp3) is 0.750. The van der Waals surface area contributed by atoms with Crippen molar-refractivity contribution in [3.05, 3.63) is 36.4 Å². The van der Waals surface area contributed by atoms with Gasteiger partial charge < -0.3 is 0 Å². The molecule has 0 N–H and O–H groups in total. The van der Waals surface area contributed by atoms with E-state index in [2.05, 4.69) is 13.8 Å². The van der Waals surface area contributed by atoms with Crippen molar-refractivity contribution in [2.24, 2.45) is 0 Å². The summed E-state index contributed by atoms with van der Waals surface area (Å²) in [6, 6.07) is 12.0. The second-order valence-electron chi connectivity index (χ2n) is 9.71. The summed E-state index contributed by atoms with van der Waals surface area (Å²) in [6.07, 6.45) is -1.57. The number of rotatable bonds is 4. The number of alkyl halides is 20. The fourth-order valence-electron chi connectivity index (χ4n) is 4.41. The molecule has 44 heavy (non-hydrogen) atoms. The summed E-state index contributed by atoms with van der Waals surface area (Å²) in [5, 5.41) is 0. The Kier molecular flexibility index (Phi) is 10.5. The summed E-state index contributed by atoms with van der Waals surface area (Å²) < 4.78 is 270. The molecule has 1 aromatic rings. The molecule has 3 atom stereocenters. The molecule has 0 bridgehead atoms. The molecule has 258 valence electrons. The number of fused-ring (bicyclic) bond motifs is 1. The van der Waals surface area contributed by atoms with Crippen LogP contribution in [0.1, 0.15) is 46.0 Å². The van der Waals surface area contributed by atoms with Gasteiger partial charge in [-0.25, -0.2) is 13.2 Å². The van der Waals surface area contributed by atoms with Crippen LogP contribution < -0.4 is 0 Å². The summed E-state index contributed by atoms with van der Waals surface area (Å²) in [7, 11) is 0. The van der Waals surface area contributed by atoms with E-state index in [0.717, 1.165) is 0 Å². The Morgan fingerprint density at radius 2 is 0.614 bits per heavy atom. The van der Waals surface area contributed by atoms with Gasteiger partial charge in [0.05, 0.1) is 0 Å². The van der Waals surface area contributed by atoms with Gasteiger partial charge in [0.15, 0.2) is 0 Å². The lowest BCUT2D eigenvalue weighted by Gasteiger charge is -2.65. The Labute approximate surface area is 235 Å². The average Bonchev–Trinajstić information content (AvgIpc) is 2.90. The smallest absolute Gasteiger partial charge is 0.228 e. The summed E-state index contributed by atoms with van der Waals surface area (Å²) in [5.41, 5.74) is -27.2. The molecule has 3 unspecified atom stereocenters. The predicted octanol–water partition coefficient (Wildman–Crippen LogP) is 10.8. The molecule has 0 aliphatic heterocycles. The second kappa shape index (κ2) is 11.6. The number of hydrogen-bond donors (Lipinski definition) is 0. The Bertz CT molecular complexity index is 1060. The van der Waals surface area contributed by atoms with Gasteiger partial charge in [0.25, 0.3) is 11.3 Å². The Morgan fingerprint density at radius 1 is 0.364 bits per heavy atom. The van der Waals surface area contributed by atoms with Crippen molar-refractivity contribution < 1.29 is 87.8 Å². The molecule has 2 fully saturated rings. The van der Waals surface area contributed by atoms with Gasteiger partial charge >= 0.3 is 53.3 Å². The van der Waals surface area contributed by atoms with Crippen LogP contribution in [0.15, 0.2) is 36.4 Å². The van der Waals surface area contributed by atoms with Gasteiger partial charge in [0.2, 0.25) is 0 Å². The van der Waals surface area contributed by atoms with Crippen LogP contribution in [0.3, 0.4) is 0 Å². The molecule has 0 amide bonds. The molecule has 2 aliphatic carbocycles. The molecule has 20 heteroatoms. The van der Waals surface area contributed by atoms with Gasteiger partial charge in [0.1, 0.15) is 0 Å². The van der Waals surface area contributed by atoms with Gasteiger partial charge in [0, 0.05) is 0 Å². The van der Waals surface area contributed by atoms with Gasteiger partial charge in [-0.15, -0.1) is 0 Å². The van der Waals surface area contributed by atoms with Crippen LogP contribution >= 0.6 is 0 Å². The third-order valence-electron chi connectivity index (χ3n) is 6.92. The maximum atomic E-state index is 14.6. The van der Waals surface area contributed by atoms with E-state index in [1.807, 2.05) is 36.4 Å². The monoisotopic (exact) mass is 690 g/mol. The number of hydrogen-bond acceptors (Lipinski definition) is 0. The van der Waals surface area contributed by atoms with Gasteiger partial charge in [-0.2, -0.15) is 74.6 Å². The molecule has 0 aromatic heterocycles. The molecule has 0 spiro atoms. The first kappa shape index (κ1) is 39.8. The normalized spacial score (nSPS) is 33.4. The van der Waals surface area contributed by atoms with Crippen LogP contribution in [-0.2, 0) is 0 Å². The molecule has 0 heterocycles. The Balaban J connectivity index is 0.000000612. The van der Waals surface area contributed by atoms with Crippen LogP contribution in [0.2, 0.25) is 0 Å². The van der Waals surface area contributed by atoms with Crippen LogP contribution in [0.25, 0.3) is 0 Å². The van der Waals surface area contributed by atoms with E-state index >= 15 is 0 Å². The maximum absolute atomic E-state index is 14.6. The van der Waals surface area contributed by atoms with Crippen LogP contribution in [0, 0.1) is 0 Å². The molecular weight excluding hydrogens is 668 g/mol. The van der Waals surface area contributed by atoms with Gasteiger partial charge in [-0.05, 0) is 0 Å². The third-order valence-corrected chi connectivity index (χ3v) is 6.92. The molecule has 0 radical (unpaired) electrons. The molecule has 1 aromatic carbocycles. The van der Waals surface area contributed by atoms with Gasteiger partial charge in [-0.1, -0.05) is 82.3 Å². The topological polar surface area (TPSA) is 0 Å². The highest BCUT2D eigenvalue weighted by Gasteiger charge is 3.16. The van der Waals surface area contributed by atoms with Crippen LogP contribution in [0.4, 0.5) is 87.8 Å². The molecule has 2 saturated carbocycles. The molecule has 3 rings (SSSR count). The summed E-state index contributed by atoms with van der Waals surface area (Å²) in [6.45, 7) is 4.49. The lowest BCUT2D eigenvalue weighted by molar-refractivity contribution is -0.564. The zero-order valence-corrected chi connectivity index (χ0v) is 22.1. The SMILES string of the molecule is CCCCCCC.FC(F)(F)C1(F)C(F)(F)C(F)(F)C(F)(F)C2(F)C(F)(F)C(F)(F)C(F)(F)C(F)(F)C12F.c1ccccc1. The van der Waals surface area contributed by atoms with Crippen molar-refractivity contribution in [1.29, 1.82) is 0 Å². The lowest BCUT2D eigenvalue weighted by Crippen LogP contribution is -3.00. The first-order valence-electron chi connectivity index (χ1n) is 12.2. The van der Waals surface area contributed by atoms with Crippen LogP contribution in [-0.4, -0.2) is 64.6 Å². The number of benzene rings is 1. The number of unbranched alkanes of at least 4 members (excludes halogenated alkanes) is 4. The van der Waals surface area contributed by atoms with Crippen molar-refractivity contribution in [2.45, 2.75) is 111 Å². The standard InChI is InChI=1S/C11F20.C7H16.C6H6/c12-1-2(13,6(19,20)10(27,28)9(25,26)4(1,15)16)5(17,18)8(23,24)7(21,22)3(1,14)11(29,30)31;1-3-5-7-6-4-2;1-2-4-6-5-3-1/h;3-7H2,1-2H3;1-6H. The number of halogens is 20. The highest BCUT2D eigenvalue weighted by Crippen LogP contribution is 2.82. The minimum atomic E-state index is -9.16. The van der Waals surface area contributed by atoms with Crippen molar-refractivity contribution >= 4 is 0 Å².